The van der Waals surface area contributed by atoms with E-state index in [1.54, 1.807) is 24.3 Å². The molecule has 3 heteroatoms. The quantitative estimate of drug-likeness (QED) is 0.534. The fraction of sp³-hybridized carbons (Fsp3) is 0.0588. The van der Waals surface area contributed by atoms with Gasteiger partial charge in [0.15, 0.2) is 5.78 Å². The largest absolute Gasteiger partial charge is 0.306 e. The van der Waals surface area contributed by atoms with Gasteiger partial charge in [-0.2, -0.15) is 0 Å². The van der Waals surface area contributed by atoms with Crippen LogP contribution in [0, 0.1) is 6.92 Å². The molecule has 0 atom stereocenters. The number of imidazole rings is 1. The monoisotopic (exact) mass is 262 g/mol. The number of nitrogens with zero attached hydrogens (tertiary/aromatic N) is 2. The van der Waals surface area contributed by atoms with Gasteiger partial charge in [-0.05, 0) is 30.7 Å². The van der Waals surface area contributed by atoms with Gasteiger partial charge in [-0.15, -0.1) is 0 Å². The maximum atomic E-state index is 12.0. The first-order valence-corrected chi connectivity index (χ1v) is 6.45. The van der Waals surface area contributed by atoms with Crippen molar-refractivity contribution in [3.8, 4) is 0 Å². The van der Waals surface area contributed by atoms with E-state index >= 15 is 0 Å². The smallest absolute Gasteiger partial charge is 0.185 e. The number of hydrogen-bond acceptors (Lipinski definition) is 2. The number of allylic oxidation sites excluding steroid dienone is 1. The maximum absolute atomic E-state index is 12.0. The number of pyridine rings is 1. The van der Waals surface area contributed by atoms with Crippen LogP contribution in [0.4, 0.5) is 0 Å². The lowest BCUT2D eigenvalue weighted by molar-refractivity contribution is 0.104. The fourth-order valence-corrected chi connectivity index (χ4v) is 2.06. The molecule has 0 amide bonds. The van der Waals surface area contributed by atoms with Crippen LogP contribution in [-0.4, -0.2) is 15.2 Å². The number of hydrogen-bond donors (Lipinski definition) is 0. The average Bonchev–Trinajstić information content (AvgIpc) is 2.87. The number of carbonyl (C=O) groups excluding carboxylic acids is 1. The highest BCUT2D eigenvalue weighted by Crippen LogP contribution is 2.09. The van der Waals surface area contributed by atoms with E-state index in [1.165, 1.54) is 5.56 Å². The lowest BCUT2D eigenvalue weighted by atomic mass is 10.1. The molecule has 0 saturated heterocycles. The van der Waals surface area contributed by atoms with Crippen LogP contribution in [0.3, 0.4) is 0 Å². The molecule has 3 rings (SSSR count). The van der Waals surface area contributed by atoms with Crippen LogP contribution in [0.5, 0.6) is 0 Å². The Hall–Kier alpha value is -2.68. The Balaban J connectivity index is 1.85. The molecular formula is C17H14N2O. The van der Waals surface area contributed by atoms with Gasteiger partial charge in [0, 0.05) is 18.0 Å². The number of ketones is 1. The van der Waals surface area contributed by atoms with E-state index in [9.17, 15) is 4.79 Å². The number of benzene rings is 1. The molecule has 0 saturated carbocycles. The molecule has 3 nitrogen and oxygen atoms in total. The third kappa shape index (κ3) is 2.52. The predicted octanol–water partition coefficient (Wildman–Crippen LogP) is 3.54. The van der Waals surface area contributed by atoms with Gasteiger partial charge in [0.05, 0.1) is 5.69 Å². The molecule has 0 unspecified atom stereocenters. The first-order chi connectivity index (χ1) is 9.72. The molecule has 0 bridgehead atoms. The highest BCUT2D eigenvalue weighted by atomic mass is 16.1. The van der Waals surface area contributed by atoms with Crippen molar-refractivity contribution in [3.05, 3.63) is 77.8 Å². The molecule has 0 aliphatic carbocycles. The molecule has 20 heavy (non-hydrogen) atoms. The van der Waals surface area contributed by atoms with Crippen molar-refractivity contribution in [2.24, 2.45) is 0 Å². The normalized spacial score (nSPS) is 11.2. The molecule has 1 aromatic carbocycles. The van der Waals surface area contributed by atoms with Crippen molar-refractivity contribution in [2.75, 3.05) is 0 Å². The first-order valence-electron chi connectivity index (χ1n) is 6.45. The molecule has 0 radical (unpaired) electrons. The van der Waals surface area contributed by atoms with Gasteiger partial charge in [0.25, 0.3) is 0 Å². The van der Waals surface area contributed by atoms with E-state index in [0.29, 0.717) is 5.56 Å². The second-order valence-electron chi connectivity index (χ2n) is 4.70. The van der Waals surface area contributed by atoms with E-state index in [0.717, 1.165) is 11.3 Å². The molecule has 0 aliphatic rings. The Morgan fingerprint density at radius 3 is 2.70 bits per heavy atom. The summed E-state index contributed by atoms with van der Waals surface area (Å²) in [4.78, 5) is 16.4. The first kappa shape index (κ1) is 12.4. The van der Waals surface area contributed by atoms with Gasteiger partial charge >= 0.3 is 0 Å². The second-order valence-corrected chi connectivity index (χ2v) is 4.70. The summed E-state index contributed by atoms with van der Waals surface area (Å²) in [5.74, 6) is -0.0150. The summed E-state index contributed by atoms with van der Waals surface area (Å²) in [6, 6.07) is 13.2. The Bertz CT molecular complexity index is 785. The van der Waals surface area contributed by atoms with Crippen molar-refractivity contribution in [1.29, 1.82) is 0 Å². The van der Waals surface area contributed by atoms with Gasteiger partial charge in [-0.1, -0.05) is 36.4 Å². The topological polar surface area (TPSA) is 34.4 Å². The number of aryl methyl sites for hydroxylation is 1. The molecule has 0 aliphatic heterocycles. The molecule has 0 fully saturated rings. The van der Waals surface area contributed by atoms with Gasteiger partial charge in [0.2, 0.25) is 0 Å². The summed E-state index contributed by atoms with van der Waals surface area (Å²) in [7, 11) is 0. The average molecular weight is 262 g/mol. The van der Waals surface area contributed by atoms with Crippen LogP contribution in [0.25, 0.3) is 11.7 Å². The predicted molar refractivity (Wildman–Crippen MR) is 79.7 cm³/mol. The standard InChI is InChI=1S/C17H14N2O/c1-13-7-10-17-18-15(12-19(17)11-13)8-9-16(20)14-5-3-2-4-6-14/h2-12H,1H3/b9-8+. The summed E-state index contributed by atoms with van der Waals surface area (Å²) < 4.78 is 1.96. The highest BCUT2D eigenvalue weighted by molar-refractivity contribution is 6.06. The zero-order valence-corrected chi connectivity index (χ0v) is 11.2. The van der Waals surface area contributed by atoms with E-state index in [1.807, 2.05) is 54.0 Å². The molecule has 2 heterocycles. The lowest BCUT2D eigenvalue weighted by Gasteiger charge is -1.93. The van der Waals surface area contributed by atoms with Crippen molar-refractivity contribution in [1.82, 2.24) is 9.38 Å². The summed E-state index contributed by atoms with van der Waals surface area (Å²) in [5, 5.41) is 0. The van der Waals surface area contributed by atoms with Crippen molar-refractivity contribution < 1.29 is 4.79 Å². The molecule has 0 N–H and O–H groups in total. The zero-order chi connectivity index (χ0) is 13.9. The molecule has 2 aromatic heterocycles. The van der Waals surface area contributed by atoms with Crippen molar-refractivity contribution in [2.45, 2.75) is 6.92 Å². The number of carbonyl (C=O) groups is 1. The summed E-state index contributed by atoms with van der Waals surface area (Å²) in [6.07, 6.45) is 7.23. The van der Waals surface area contributed by atoms with E-state index in [4.69, 9.17) is 0 Å². The van der Waals surface area contributed by atoms with Crippen LogP contribution in [-0.2, 0) is 0 Å². The Labute approximate surface area is 117 Å². The molecular weight excluding hydrogens is 248 g/mol. The Morgan fingerprint density at radius 2 is 1.90 bits per heavy atom. The van der Waals surface area contributed by atoms with E-state index in [-0.39, 0.29) is 5.78 Å². The third-order valence-corrected chi connectivity index (χ3v) is 3.08. The number of aromatic nitrogens is 2. The summed E-state index contributed by atoms with van der Waals surface area (Å²) in [5.41, 5.74) is 3.51. The fourth-order valence-electron chi connectivity index (χ4n) is 2.06. The van der Waals surface area contributed by atoms with Crippen molar-refractivity contribution >= 4 is 17.5 Å². The second kappa shape index (κ2) is 5.13. The SMILES string of the molecule is Cc1ccc2nc(/C=C/C(=O)c3ccccc3)cn2c1. The Kier molecular flexibility index (Phi) is 3.17. The van der Waals surface area contributed by atoms with Crippen LogP contribution in [0.2, 0.25) is 0 Å². The van der Waals surface area contributed by atoms with Crippen LogP contribution in [0.15, 0.2) is 60.9 Å². The van der Waals surface area contributed by atoms with Gasteiger partial charge in [0.1, 0.15) is 5.65 Å². The highest BCUT2D eigenvalue weighted by Gasteiger charge is 2.02. The van der Waals surface area contributed by atoms with Crippen LogP contribution in [0.1, 0.15) is 21.6 Å². The zero-order valence-electron chi connectivity index (χ0n) is 11.2. The minimum absolute atomic E-state index is 0.0150. The summed E-state index contributed by atoms with van der Waals surface area (Å²) in [6.45, 7) is 2.04. The lowest BCUT2D eigenvalue weighted by Crippen LogP contribution is -1.92. The third-order valence-electron chi connectivity index (χ3n) is 3.08. The van der Waals surface area contributed by atoms with Gasteiger partial charge in [-0.25, -0.2) is 4.98 Å². The van der Waals surface area contributed by atoms with Crippen LogP contribution >= 0.6 is 0 Å². The summed E-state index contributed by atoms with van der Waals surface area (Å²) >= 11 is 0. The number of rotatable bonds is 3. The minimum Gasteiger partial charge on any atom is -0.306 e. The number of fused-ring (bicyclic) bond motifs is 1. The minimum atomic E-state index is -0.0150. The molecule has 3 aromatic rings. The van der Waals surface area contributed by atoms with Crippen LogP contribution < -0.4 is 0 Å². The van der Waals surface area contributed by atoms with Gasteiger partial charge < -0.3 is 4.40 Å². The van der Waals surface area contributed by atoms with E-state index in [2.05, 4.69) is 4.98 Å². The molecule has 98 valence electrons. The maximum Gasteiger partial charge on any atom is 0.185 e. The Morgan fingerprint density at radius 1 is 1.10 bits per heavy atom. The molecule has 0 spiro atoms. The van der Waals surface area contributed by atoms with E-state index < -0.39 is 0 Å². The van der Waals surface area contributed by atoms with Crippen molar-refractivity contribution in [3.63, 3.8) is 0 Å². The van der Waals surface area contributed by atoms with Gasteiger partial charge in [-0.3, -0.25) is 4.79 Å².